The number of rotatable bonds is 3. The number of carbonyl (C=O) groups is 1. The number of fused-ring (bicyclic) bond motifs is 3. The lowest BCUT2D eigenvalue weighted by atomic mass is 9.70. The molecule has 168 valence electrons. The number of nitrogens with zero attached hydrogens (tertiary/aromatic N) is 5. The van der Waals surface area contributed by atoms with Crippen LogP contribution in [0.4, 0.5) is 0 Å². The minimum atomic E-state index is -1.03. The highest BCUT2D eigenvalue weighted by Gasteiger charge is 2.35. The molecule has 0 saturated heterocycles. The molecule has 0 spiro atoms. The van der Waals surface area contributed by atoms with Crippen molar-refractivity contribution in [2.45, 2.75) is 66.0 Å². The van der Waals surface area contributed by atoms with Crippen molar-refractivity contribution in [2.24, 2.45) is 18.4 Å². The molecule has 0 unspecified atom stereocenters. The molecule has 4 rings (SSSR count). The Hall–Kier alpha value is -2.84. The standard InChI is InChI=1S/C22H31N5O4/c1-12-8-15(10-22(4,5)9-12)26-13(2)11-25-16-17(23-20(25)26)24(6)21(30)27(18(16)28)14(3)19(29)31-7/h11-12,14-15H,8-10H2,1-7H3/t12-,14+,15-/m1/s1. The lowest BCUT2D eigenvalue weighted by Gasteiger charge is -2.39. The van der Waals surface area contributed by atoms with Gasteiger partial charge in [0.05, 0.1) is 7.11 Å². The zero-order chi connectivity index (χ0) is 22.8. The summed E-state index contributed by atoms with van der Waals surface area (Å²) in [6, 6.07) is -0.768. The van der Waals surface area contributed by atoms with E-state index in [0.29, 0.717) is 17.3 Å². The van der Waals surface area contributed by atoms with Crippen LogP contribution in [0.3, 0.4) is 0 Å². The Morgan fingerprint density at radius 1 is 1.29 bits per heavy atom. The number of imidazole rings is 2. The van der Waals surface area contributed by atoms with E-state index < -0.39 is 23.3 Å². The van der Waals surface area contributed by atoms with Gasteiger partial charge in [0.15, 0.2) is 11.2 Å². The summed E-state index contributed by atoms with van der Waals surface area (Å²) in [4.78, 5) is 43.1. The normalized spacial score (nSPS) is 22.2. The third-order valence-corrected chi connectivity index (χ3v) is 6.68. The Kier molecular flexibility index (Phi) is 4.90. The molecule has 0 aromatic carbocycles. The molecular weight excluding hydrogens is 398 g/mol. The van der Waals surface area contributed by atoms with Crippen molar-refractivity contribution in [3.8, 4) is 0 Å². The van der Waals surface area contributed by atoms with E-state index in [1.54, 1.807) is 11.4 Å². The molecule has 1 aliphatic rings. The number of hydrogen-bond donors (Lipinski definition) is 0. The molecule has 0 aliphatic heterocycles. The van der Waals surface area contributed by atoms with Gasteiger partial charge in [0.25, 0.3) is 5.56 Å². The Balaban J connectivity index is 2.00. The Labute approximate surface area is 180 Å². The summed E-state index contributed by atoms with van der Waals surface area (Å²) in [6.07, 6.45) is 5.14. The highest BCUT2D eigenvalue weighted by atomic mass is 16.5. The molecule has 3 atom stereocenters. The summed E-state index contributed by atoms with van der Waals surface area (Å²) in [5.74, 6) is 0.590. The summed E-state index contributed by atoms with van der Waals surface area (Å²) in [5.41, 5.74) is 0.704. The number of aryl methyl sites for hydroxylation is 2. The molecule has 9 nitrogen and oxygen atoms in total. The number of methoxy groups -OCH3 is 1. The first-order valence-electron chi connectivity index (χ1n) is 10.8. The SMILES string of the molecule is COC(=O)[C@H](C)n1c(=O)c2c(nc3n([C@@H]4C[C@@H](C)CC(C)(C)C4)c(C)cn23)n(C)c1=O. The Morgan fingerprint density at radius 3 is 2.58 bits per heavy atom. The number of esters is 1. The van der Waals surface area contributed by atoms with Crippen molar-refractivity contribution in [1.29, 1.82) is 0 Å². The monoisotopic (exact) mass is 429 g/mol. The van der Waals surface area contributed by atoms with Crippen LogP contribution >= 0.6 is 0 Å². The van der Waals surface area contributed by atoms with E-state index >= 15 is 0 Å². The van der Waals surface area contributed by atoms with Crippen LogP contribution in [0.1, 0.15) is 64.7 Å². The van der Waals surface area contributed by atoms with E-state index in [2.05, 4.69) is 25.3 Å². The van der Waals surface area contributed by atoms with Gasteiger partial charge in [0.2, 0.25) is 5.78 Å². The molecule has 3 heterocycles. The number of carbonyl (C=O) groups excluding carboxylic acids is 1. The van der Waals surface area contributed by atoms with E-state index in [0.717, 1.165) is 23.1 Å². The second kappa shape index (κ2) is 7.10. The second-order valence-electron chi connectivity index (χ2n) is 9.88. The van der Waals surface area contributed by atoms with Gasteiger partial charge in [-0.15, -0.1) is 0 Å². The minimum absolute atomic E-state index is 0.220. The molecule has 1 fully saturated rings. The molecule has 0 bridgehead atoms. The maximum absolute atomic E-state index is 13.4. The summed E-state index contributed by atoms with van der Waals surface area (Å²) in [6.45, 7) is 10.4. The van der Waals surface area contributed by atoms with Gasteiger partial charge in [-0.25, -0.2) is 14.2 Å². The van der Waals surface area contributed by atoms with Gasteiger partial charge < -0.3 is 9.30 Å². The van der Waals surface area contributed by atoms with Crippen molar-refractivity contribution >= 4 is 22.9 Å². The maximum Gasteiger partial charge on any atom is 0.333 e. The predicted molar refractivity (Wildman–Crippen MR) is 117 cm³/mol. The summed E-state index contributed by atoms with van der Waals surface area (Å²) in [5, 5.41) is 0. The van der Waals surface area contributed by atoms with E-state index in [1.807, 2.05) is 13.1 Å². The summed E-state index contributed by atoms with van der Waals surface area (Å²) in [7, 11) is 2.81. The lowest BCUT2D eigenvalue weighted by molar-refractivity contribution is -0.144. The highest BCUT2D eigenvalue weighted by Crippen LogP contribution is 2.44. The van der Waals surface area contributed by atoms with Crippen LogP contribution in [0.5, 0.6) is 0 Å². The molecule has 0 N–H and O–H groups in total. The van der Waals surface area contributed by atoms with Crippen LogP contribution < -0.4 is 11.2 Å². The van der Waals surface area contributed by atoms with E-state index in [1.165, 1.54) is 25.0 Å². The predicted octanol–water partition coefficient (Wildman–Crippen LogP) is 2.58. The van der Waals surface area contributed by atoms with Crippen LogP contribution in [0.15, 0.2) is 15.8 Å². The molecule has 0 amide bonds. The van der Waals surface area contributed by atoms with Crippen molar-refractivity contribution in [3.63, 3.8) is 0 Å². The highest BCUT2D eigenvalue weighted by molar-refractivity contribution is 5.77. The van der Waals surface area contributed by atoms with Crippen molar-refractivity contribution in [1.82, 2.24) is 23.1 Å². The fraction of sp³-hybridized carbons (Fsp3) is 0.636. The first-order chi connectivity index (χ1) is 14.5. The van der Waals surface area contributed by atoms with Crippen molar-refractivity contribution < 1.29 is 9.53 Å². The van der Waals surface area contributed by atoms with Crippen molar-refractivity contribution in [3.05, 3.63) is 32.7 Å². The lowest BCUT2D eigenvalue weighted by Crippen LogP contribution is -2.43. The van der Waals surface area contributed by atoms with Gasteiger partial charge >= 0.3 is 11.7 Å². The molecule has 1 saturated carbocycles. The van der Waals surface area contributed by atoms with Gasteiger partial charge in [-0.05, 0) is 44.4 Å². The first-order valence-corrected chi connectivity index (χ1v) is 10.8. The van der Waals surface area contributed by atoms with Gasteiger partial charge in [0.1, 0.15) is 6.04 Å². The van der Waals surface area contributed by atoms with E-state index in [9.17, 15) is 14.4 Å². The number of hydrogen-bond acceptors (Lipinski definition) is 5. The van der Waals surface area contributed by atoms with Gasteiger partial charge in [0, 0.05) is 25.0 Å². The first kappa shape index (κ1) is 21.4. The molecule has 1 aliphatic carbocycles. The van der Waals surface area contributed by atoms with E-state index in [-0.39, 0.29) is 17.0 Å². The van der Waals surface area contributed by atoms with Crippen LogP contribution in [0.25, 0.3) is 16.9 Å². The Bertz CT molecular complexity index is 1310. The van der Waals surface area contributed by atoms with E-state index in [4.69, 9.17) is 9.72 Å². The maximum atomic E-state index is 13.4. The largest absolute Gasteiger partial charge is 0.467 e. The Morgan fingerprint density at radius 2 is 1.97 bits per heavy atom. The smallest absolute Gasteiger partial charge is 0.333 e. The second-order valence-corrected chi connectivity index (χ2v) is 9.88. The fourth-order valence-electron chi connectivity index (χ4n) is 5.56. The summed E-state index contributed by atoms with van der Waals surface area (Å²) >= 11 is 0. The minimum Gasteiger partial charge on any atom is -0.467 e. The number of ether oxygens (including phenoxy) is 1. The molecule has 31 heavy (non-hydrogen) atoms. The molecule has 3 aromatic heterocycles. The molecule has 0 radical (unpaired) electrons. The zero-order valence-corrected chi connectivity index (χ0v) is 19.3. The van der Waals surface area contributed by atoms with Crippen molar-refractivity contribution in [2.75, 3.05) is 7.11 Å². The average Bonchev–Trinajstić information content (AvgIpc) is 3.18. The summed E-state index contributed by atoms with van der Waals surface area (Å²) < 4.78 is 11.0. The van der Waals surface area contributed by atoms with Crippen LogP contribution in [-0.2, 0) is 16.6 Å². The number of aromatic nitrogens is 5. The van der Waals surface area contributed by atoms with Crippen LogP contribution in [-0.4, -0.2) is 36.2 Å². The quantitative estimate of drug-likeness (QED) is 0.597. The third-order valence-electron chi connectivity index (χ3n) is 6.68. The van der Waals surface area contributed by atoms with Gasteiger partial charge in [-0.3, -0.25) is 13.8 Å². The zero-order valence-electron chi connectivity index (χ0n) is 19.3. The fourth-order valence-corrected chi connectivity index (χ4v) is 5.56. The van der Waals surface area contributed by atoms with Gasteiger partial charge in [-0.1, -0.05) is 20.8 Å². The third kappa shape index (κ3) is 3.21. The van der Waals surface area contributed by atoms with Crippen LogP contribution in [0.2, 0.25) is 0 Å². The topological polar surface area (TPSA) is 92.5 Å². The molecule has 3 aromatic rings. The molecular formula is C22H31N5O4. The average molecular weight is 430 g/mol. The molecule has 9 heteroatoms. The van der Waals surface area contributed by atoms with Gasteiger partial charge in [-0.2, -0.15) is 4.98 Å². The van der Waals surface area contributed by atoms with Crippen LogP contribution in [0, 0.1) is 18.3 Å².